The zero-order chi connectivity index (χ0) is 18.8. The number of nitrogens with two attached hydrogens (primary N) is 1. The Morgan fingerprint density at radius 3 is 2.40 bits per heavy atom. The molecule has 0 saturated carbocycles. The van der Waals surface area contributed by atoms with Crippen LogP contribution < -0.4 is 15.8 Å². The van der Waals surface area contributed by atoms with E-state index in [9.17, 15) is 17.7 Å². The second kappa shape index (κ2) is 7.28. The van der Waals surface area contributed by atoms with Crippen molar-refractivity contribution in [1.29, 1.82) is 0 Å². The monoisotopic (exact) mass is 393 g/mol. The van der Waals surface area contributed by atoms with Crippen molar-refractivity contribution in [2.75, 3.05) is 19.0 Å². The highest BCUT2D eigenvalue weighted by Gasteiger charge is 2.31. The van der Waals surface area contributed by atoms with Gasteiger partial charge in [0.1, 0.15) is 11.5 Å². The van der Waals surface area contributed by atoms with Crippen molar-refractivity contribution in [3.63, 3.8) is 0 Å². The molecule has 2 aromatic rings. The third-order valence-electron chi connectivity index (χ3n) is 3.57. The first-order chi connectivity index (χ1) is 11.6. The Hall–Kier alpha value is -1.69. The van der Waals surface area contributed by atoms with Crippen LogP contribution in [0, 0.1) is 0 Å². The van der Waals surface area contributed by atoms with Crippen LogP contribution in [0.2, 0.25) is 5.02 Å². The topological polar surface area (TPSA) is 61.5 Å². The van der Waals surface area contributed by atoms with Crippen LogP contribution in [-0.4, -0.2) is 13.3 Å². The summed E-state index contributed by atoms with van der Waals surface area (Å²) in [6.07, 6.45) is -4.26. The molecule has 0 aliphatic rings. The first kappa shape index (κ1) is 19.6. The molecule has 0 aliphatic carbocycles. The number of rotatable bonds is 5. The van der Waals surface area contributed by atoms with Gasteiger partial charge in [-0.1, -0.05) is 18.5 Å². The van der Waals surface area contributed by atoms with E-state index in [1.807, 2.05) is 0 Å². The fourth-order valence-electron chi connectivity index (χ4n) is 2.17. The molecule has 9 heteroatoms. The van der Waals surface area contributed by atoms with Crippen molar-refractivity contribution in [2.45, 2.75) is 13.1 Å². The maximum atomic E-state index is 12.7. The van der Waals surface area contributed by atoms with Gasteiger partial charge in [-0.15, -0.1) is 0 Å². The fraction of sp³-hybridized carbons (Fsp3) is 0.250. The molecule has 0 bridgehead atoms. The fourth-order valence-corrected chi connectivity index (χ4v) is 3.97. The predicted molar refractivity (Wildman–Crippen MR) is 92.2 cm³/mol. The molecule has 0 aromatic heterocycles. The van der Waals surface area contributed by atoms with Crippen molar-refractivity contribution < 1.29 is 27.0 Å². The maximum absolute atomic E-state index is 12.7. The molecule has 0 spiro atoms. The predicted octanol–water partition coefficient (Wildman–Crippen LogP) is 5.30. The van der Waals surface area contributed by atoms with Crippen LogP contribution in [0.5, 0.6) is 11.5 Å². The van der Waals surface area contributed by atoms with Crippen LogP contribution in [0.3, 0.4) is 0 Å². The Balaban J connectivity index is 2.37. The molecule has 0 radical (unpaired) electrons. The van der Waals surface area contributed by atoms with E-state index < -0.39 is 19.1 Å². The largest absolute Gasteiger partial charge is 0.456 e. The average molecular weight is 394 g/mol. The Bertz CT molecular complexity index is 819. The molecule has 4 nitrogen and oxygen atoms in total. The average Bonchev–Trinajstić information content (AvgIpc) is 2.56. The van der Waals surface area contributed by atoms with Gasteiger partial charge in [-0.2, -0.15) is 13.2 Å². The Labute approximate surface area is 148 Å². The molecule has 0 saturated heterocycles. The van der Waals surface area contributed by atoms with E-state index in [1.54, 1.807) is 6.92 Å². The number of halogens is 4. The van der Waals surface area contributed by atoms with E-state index in [1.165, 1.54) is 25.3 Å². The quantitative estimate of drug-likeness (QED) is 0.553. The minimum atomic E-state index is -4.50. The van der Waals surface area contributed by atoms with E-state index in [-0.39, 0.29) is 33.7 Å². The van der Waals surface area contributed by atoms with E-state index in [4.69, 9.17) is 26.6 Å². The summed E-state index contributed by atoms with van der Waals surface area (Å²) in [6, 6.07) is 7.20. The molecule has 2 aromatic carbocycles. The summed E-state index contributed by atoms with van der Waals surface area (Å²) in [5, 5.41) is 0.0941. The SMILES string of the molecule is CCP(=O)(OC)c1cc(Oc2ccc(C(F)(F)F)cc2Cl)ccc1N. The summed E-state index contributed by atoms with van der Waals surface area (Å²) in [5.41, 5.74) is 5.26. The molecule has 136 valence electrons. The lowest BCUT2D eigenvalue weighted by molar-refractivity contribution is -0.137. The molecular weight excluding hydrogens is 378 g/mol. The van der Waals surface area contributed by atoms with Gasteiger partial charge in [-0.05, 0) is 36.4 Å². The zero-order valence-corrected chi connectivity index (χ0v) is 15.1. The lowest BCUT2D eigenvalue weighted by atomic mass is 10.2. The number of hydrogen-bond acceptors (Lipinski definition) is 4. The number of anilines is 1. The third-order valence-corrected chi connectivity index (χ3v) is 6.41. The first-order valence-corrected chi connectivity index (χ1v) is 9.39. The van der Waals surface area contributed by atoms with Crippen molar-refractivity contribution in [2.24, 2.45) is 0 Å². The summed E-state index contributed by atoms with van der Waals surface area (Å²) in [6.45, 7) is 1.70. The number of benzene rings is 2. The molecule has 0 fully saturated rings. The molecule has 0 amide bonds. The summed E-state index contributed by atoms with van der Waals surface area (Å²) >= 11 is 5.87. The maximum Gasteiger partial charge on any atom is 0.416 e. The first-order valence-electron chi connectivity index (χ1n) is 7.20. The van der Waals surface area contributed by atoms with E-state index in [0.717, 1.165) is 18.2 Å². The summed E-state index contributed by atoms with van der Waals surface area (Å²) in [5.74, 6) is 0.269. The standard InChI is InChI=1S/C16H16ClF3NO3P/c1-3-25(22,23-2)15-9-11(5-6-13(15)21)24-14-7-4-10(8-12(14)17)16(18,19)20/h4-9H,3,21H2,1-2H3. The second-order valence-corrected chi connectivity index (χ2v) is 8.37. The Morgan fingerprint density at radius 1 is 1.20 bits per heavy atom. The van der Waals surface area contributed by atoms with Gasteiger partial charge in [-0.3, -0.25) is 4.57 Å². The molecule has 2 rings (SSSR count). The van der Waals surface area contributed by atoms with Crippen LogP contribution in [-0.2, 0) is 15.3 Å². The summed E-state index contributed by atoms with van der Waals surface area (Å²) in [4.78, 5) is 0. The highest BCUT2D eigenvalue weighted by Crippen LogP contribution is 2.47. The number of alkyl halides is 3. The summed E-state index contributed by atoms with van der Waals surface area (Å²) < 4.78 is 61.3. The van der Waals surface area contributed by atoms with Gasteiger partial charge >= 0.3 is 6.18 Å². The molecular formula is C16H16ClF3NO3P. The zero-order valence-electron chi connectivity index (χ0n) is 13.4. The molecule has 1 unspecified atom stereocenters. The van der Waals surface area contributed by atoms with Gasteiger partial charge in [0.2, 0.25) is 7.37 Å². The highest BCUT2D eigenvalue weighted by molar-refractivity contribution is 7.67. The van der Waals surface area contributed by atoms with E-state index in [2.05, 4.69) is 0 Å². The van der Waals surface area contributed by atoms with Gasteiger partial charge in [0.25, 0.3) is 0 Å². The number of nitrogen functional groups attached to an aromatic ring is 1. The molecule has 25 heavy (non-hydrogen) atoms. The lowest BCUT2D eigenvalue weighted by Gasteiger charge is -2.18. The van der Waals surface area contributed by atoms with Crippen LogP contribution in [0.1, 0.15) is 12.5 Å². The minimum absolute atomic E-state index is 0.0362. The van der Waals surface area contributed by atoms with Crippen LogP contribution in [0.25, 0.3) is 0 Å². The van der Waals surface area contributed by atoms with Crippen LogP contribution in [0.15, 0.2) is 36.4 Å². The highest BCUT2D eigenvalue weighted by atomic mass is 35.5. The molecule has 0 heterocycles. The Kier molecular flexibility index (Phi) is 5.72. The normalized spacial score (nSPS) is 14.2. The third kappa shape index (κ3) is 4.29. The van der Waals surface area contributed by atoms with Crippen molar-refractivity contribution >= 4 is 30.0 Å². The van der Waals surface area contributed by atoms with Crippen molar-refractivity contribution in [1.82, 2.24) is 0 Å². The van der Waals surface area contributed by atoms with Gasteiger partial charge in [0, 0.05) is 19.0 Å². The minimum Gasteiger partial charge on any atom is -0.456 e. The van der Waals surface area contributed by atoms with E-state index in [0.29, 0.717) is 0 Å². The Morgan fingerprint density at radius 2 is 1.88 bits per heavy atom. The summed E-state index contributed by atoms with van der Waals surface area (Å²) in [7, 11) is -1.81. The van der Waals surface area contributed by atoms with Crippen LogP contribution >= 0.6 is 19.0 Å². The lowest BCUT2D eigenvalue weighted by Crippen LogP contribution is -2.13. The van der Waals surface area contributed by atoms with Crippen LogP contribution in [0.4, 0.5) is 18.9 Å². The van der Waals surface area contributed by atoms with Gasteiger partial charge in [-0.25, -0.2) is 0 Å². The van der Waals surface area contributed by atoms with Gasteiger partial charge < -0.3 is 15.0 Å². The van der Waals surface area contributed by atoms with Gasteiger partial charge in [0.05, 0.1) is 15.9 Å². The number of hydrogen-bond donors (Lipinski definition) is 1. The molecule has 2 N–H and O–H groups in total. The van der Waals surface area contributed by atoms with Gasteiger partial charge in [0.15, 0.2) is 0 Å². The van der Waals surface area contributed by atoms with E-state index >= 15 is 0 Å². The molecule has 0 aliphatic heterocycles. The van der Waals surface area contributed by atoms with Crippen molar-refractivity contribution in [3.8, 4) is 11.5 Å². The molecule has 1 atom stereocenters. The van der Waals surface area contributed by atoms with Crippen molar-refractivity contribution in [3.05, 3.63) is 47.0 Å². The number of ether oxygens (including phenoxy) is 1. The second-order valence-electron chi connectivity index (χ2n) is 5.14. The smallest absolute Gasteiger partial charge is 0.416 e.